The topological polar surface area (TPSA) is 26.3 Å². The Labute approximate surface area is 101 Å². The van der Waals surface area contributed by atoms with E-state index in [1.807, 2.05) is 27.7 Å². The predicted octanol–water partition coefficient (Wildman–Crippen LogP) is 3.83. The molecular formula is C14H28O2. The Balaban J connectivity index is 4.53. The predicted molar refractivity (Wildman–Crippen MR) is 68.5 cm³/mol. The van der Waals surface area contributed by atoms with E-state index in [9.17, 15) is 4.79 Å². The minimum absolute atomic E-state index is 0.159. The lowest BCUT2D eigenvalue weighted by Crippen LogP contribution is -2.40. The molecule has 3 atom stereocenters. The number of carbonyl (C=O) groups is 1. The fourth-order valence-electron chi connectivity index (χ4n) is 1.78. The molecule has 0 rings (SSSR count). The lowest BCUT2D eigenvalue weighted by atomic mass is 9.73. The minimum Gasteiger partial charge on any atom is -0.368 e. The van der Waals surface area contributed by atoms with Crippen LogP contribution in [-0.4, -0.2) is 18.0 Å². The second kappa shape index (κ2) is 6.39. The number of ether oxygens (including phenoxy) is 1. The largest absolute Gasteiger partial charge is 0.368 e. The van der Waals surface area contributed by atoms with Gasteiger partial charge < -0.3 is 4.74 Å². The maximum absolute atomic E-state index is 12.3. The molecule has 0 fully saturated rings. The monoisotopic (exact) mass is 228 g/mol. The first-order valence-corrected chi connectivity index (χ1v) is 6.47. The molecule has 96 valence electrons. The molecule has 0 heterocycles. The first-order valence-electron chi connectivity index (χ1n) is 6.47. The van der Waals surface area contributed by atoms with Gasteiger partial charge in [0, 0.05) is 5.41 Å². The smallest absolute Gasteiger partial charge is 0.167 e. The van der Waals surface area contributed by atoms with Gasteiger partial charge in [-0.3, -0.25) is 4.79 Å². The van der Waals surface area contributed by atoms with Gasteiger partial charge in [-0.1, -0.05) is 41.0 Å². The Morgan fingerprint density at radius 3 is 2.00 bits per heavy atom. The van der Waals surface area contributed by atoms with E-state index < -0.39 is 0 Å². The summed E-state index contributed by atoms with van der Waals surface area (Å²) in [6.45, 7) is 14.3. The summed E-state index contributed by atoms with van der Waals surface area (Å²) < 4.78 is 5.69. The average Bonchev–Trinajstić information content (AvgIpc) is 2.26. The summed E-state index contributed by atoms with van der Waals surface area (Å²) in [6.07, 6.45) is 1.83. The van der Waals surface area contributed by atoms with Gasteiger partial charge in [-0.15, -0.1) is 0 Å². The SMILES string of the molecule is CCC(C)OC(C)C(=O)C(C)(C)C(C)CC. The Bertz CT molecular complexity index is 221. The molecule has 0 aliphatic heterocycles. The summed E-state index contributed by atoms with van der Waals surface area (Å²) in [6, 6.07) is 0. The van der Waals surface area contributed by atoms with Crippen LogP contribution in [0.1, 0.15) is 61.3 Å². The fourth-order valence-corrected chi connectivity index (χ4v) is 1.78. The van der Waals surface area contributed by atoms with E-state index in [4.69, 9.17) is 4.74 Å². The van der Waals surface area contributed by atoms with E-state index >= 15 is 0 Å². The maximum atomic E-state index is 12.3. The highest BCUT2D eigenvalue weighted by molar-refractivity contribution is 5.88. The van der Waals surface area contributed by atoms with Crippen molar-refractivity contribution in [1.82, 2.24) is 0 Å². The number of ketones is 1. The van der Waals surface area contributed by atoms with E-state index in [0.717, 1.165) is 12.8 Å². The van der Waals surface area contributed by atoms with E-state index in [-0.39, 0.29) is 23.4 Å². The second-order valence-electron chi connectivity index (χ2n) is 5.39. The molecule has 0 aromatic heterocycles. The summed E-state index contributed by atoms with van der Waals surface area (Å²) in [5.74, 6) is 0.616. The quantitative estimate of drug-likeness (QED) is 0.662. The molecule has 0 saturated heterocycles. The van der Waals surface area contributed by atoms with Crippen LogP contribution in [0.2, 0.25) is 0 Å². The molecule has 0 amide bonds. The van der Waals surface area contributed by atoms with E-state index in [2.05, 4.69) is 20.8 Å². The first-order chi connectivity index (χ1) is 7.27. The van der Waals surface area contributed by atoms with Gasteiger partial charge in [-0.2, -0.15) is 0 Å². The third-order valence-electron chi connectivity index (χ3n) is 3.86. The van der Waals surface area contributed by atoms with Gasteiger partial charge in [0.1, 0.15) is 6.10 Å². The Kier molecular flexibility index (Phi) is 6.24. The number of rotatable bonds is 7. The first kappa shape index (κ1) is 15.6. The molecule has 0 aromatic carbocycles. The highest BCUT2D eigenvalue weighted by atomic mass is 16.5. The molecule has 2 heteroatoms. The van der Waals surface area contributed by atoms with Crippen LogP contribution >= 0.6 is 0 Å². The average molecular weight is 228 g/mol. The Morgan fingerprint density at radius 1 is 1.12 bits per heavy atom. The van der Waals surface area contributed by atoms with E-state index in [0.29, 0.717) is 5.92 Å². The van der Waals surface area contributed by atoms with Crippen LogP contribution in [0.5, 0.6) is 0 Å². The molecular weight excluding hydrogens is 200 g/mol. The number of hydrogen-bond donors (Lipinski definition) is 0. The van der Waals surface area contributed by atoms with Crippen molar-refractivity contribution in [3.05, 3.63) is 0 Å². The van der Waals surface area contributed by atoms with Crippen LogP contribution in [0, 0.1) is 11.3 Å². The second-order valence-corrected chi connectivity index (χ2v) is 5.39. The van der Waals surface area contributed by atoms with Crippen molar-refractivity contribution < 1.29 is 9.53 Å². The Morgan fingerprint density at radius 2 is 1.62 bits per heavy atom. The van der Waals surface area contributed by atoms with Crippen LogP contribution < -0.4 is 0 Å². The molecule has 0 aliphatic rings. The fraction of sp³-hybridized carbons (Fsp3) is 0.929. The van der Waals surface area contributed by atoms with Crippen LogP contribution in [0.25, 0.3) is 0 Å². The molecule has 0 saturated carbocycles. The lowest BCUT2D eigenvalue weighted by molar-refractivity contribution is -0.143. The highest BCUT2D eigenvalue weighted by Gasteiger charge is 2.36. The van der Waals surface area contributed by atoms with Crippen LogP contribution in [0.15, 0.2) is 0 Å². The molecule has 0 aromatic rings. The van der Waals surface area contributed by atoms with Gasteiger partial charge in [-0.05, 0) is 26.2 Å². The summed E-state index contributed by atoms with van der Waals surface area (Å²) in [7, 11) is 0. The summed E-state index contributed by atoms with van der Waals surface area (Å²) in [4.78, 5) is 12.3. The lowest BCUT2D eigenvalue weighted by Gasteiger charge is -2.32. The normalized spacial score (nSPS) is 17.9. The van der Waals surface area contributed by atoms with Crippen LogP contribution in [0.4, 0.5) is 0 Å². The van der Waals surface area contributed by atoms with Crippen molar-refractivity contribution >= 4 is 5.78 Å². The molecule has 16 heavy (non-hydrogen) atoms. The van der Waals surface area contributed by atoms with E-state index in [1.54, 1.807) is 0 Å². The number of carbonyl (C=O) groups excluding carboxylic acids is 1. The molecule has 0 bridgehead atoms. The van der Waals surface area contributed by atoms with Gasteiger partial charge in [0.05, 0.1) is 6.10 Å². The maximum Gasteiger partial charge on any atom is 0.167 e. The molecule has 0 spiro atoms. The van der Waals surface area contributed by atoms with Gasteiger partial charge in [0.2, 0.25) is 0 Å². The van der Waals surface area contributed by atoms with Crippen molar-refractivity contribution in [3.63, 3.8) is 0 Å². The summed E-state index contributed by atoms with van der Waals surface area (Å²) in [5, 5.41) is 0. The van der Waals surface area contributed by atoms with Crippen molar-refractivity contribution in [2.45, 2.75) is 73.5 Å². The van der Waals surface area contributed by atoms with E-state index in [1.165, 1.54) is 0 Å². The minimum atomic E-state index is -0.293. The molecule has 0 radical (unpaired) electrons. The van der Waals surface area contributed by atoms with Crippen LogP contribution in [-0.2, 0) is 9.53 Å². The van der Waals surface area contributed by atoms with Crippen molar-refractivity contribution in [2.24, 2.45) is 11.3 Å². The zero-order chi connectivity index (χ0) is 12.9. The zero-order valence-electron chi connectivity index (χ0n) is 12.0. The summed E-state index contributed by atoms with van der Waals surface area (Å²) in [5.41, 5.74) is -0.290. The van der Waals surface area contributed by atoms with Gasteiger partial charge in [0.25, 0.3) is 0 Å². The number of hydrogen-bond acceptors (Lipinski definition) is 2. The highest BCUT2D eigenvalue weighted by Crippen LogP contribution is 2.32. The number of Topliss-reactive ketones (excluding diaryl/α,β-unsaturated/α-hetero) is 1. The molecule has 3 unspecified atom stereocenters. The van der Waals surface area contributed by atoms with Gasteiger partial charge in [0.15, 0.2) is 5.78 Å². The standard InChI is InChI=1S/C14H28O2/c1-8-10(3)14(6,7)13(15)12(5)16-11(4)9-2/h10-12H,8-9H2,1-7H3. The third kappa shape index (κ3) is 3.89. The van der Waals surface area contributed by atoms with Gasteiger partial charge >= 0.3 is 0 Å². The zero-order valence-corrected chi connectivity index (χ0v) is 12.0. The van der Waals surface area contributed by atoms with Gasteiger partial charge in [-0.25, -0.2) is 0 Å². The van der Waals surface area contributed by atoms with Crippen molar-refractivity contribution in [3.8, 4) is 0 Å². The van der Waals surface area contributed by atoms with Crippen LogP contribution in [0.3, 0.4) is 0 Å². The Hall–Kier alpha value is -0.370. The van der Waals surface area contributed by atoms with Crippen molar-refractivity contribution in [1.29, 1.82) is 0 Å². The molecule has 0 aliphatic carbocycles. The molecule has 0 N–H and O–H groups in total. The summed E-state index contributed by atoms with van der Waals surface area (Å²) >= 11 is 0. The van der Waals surface area contributed by atoms with Crippen molar-refractivity contribution in [2.75, 3.05) is 0 Å². The third-order valence-corrected chi connectivity index (χ3v) is 3.86. The molecule has 2 nitrogen and oxygen atoms in total.